The second kappa shape index (κ2) is 5.95. The highest BCUT2D eigenvalue weighted by molar-refractivity contribution is 7.89. The van der Waals surface area contributed by atoms with Crippen LogP contribution in [0.3, 0.4) is 0 Å². The van der Waals surface area contributed by atoms with E-state index >= 15 is 0 Å². The van der Waals surface area contributed by atoms with Gasteiger partial charge in [0.15, 0.2) is 0 Å². The van der Waals surface area contributed by atoms with E-state index in [-0.39, 0.29) is 18.1 Å². The highest BCUT2D eigenvalue weighted by atomic mass is 32.2. The van der Waals surface area contributed by atoms with Crippen molar-refractivity contribution < 1.29 is 13.5 Å². The lowest BCUT2D eigenvalue weighted by Gasteiger charge is -2.26. The maximum Gasteiger partial charge on any atom is 0.243 e. The lowest BCUT2D eigenvalue weighted by atomic mass is 9.85. The fraction of sp³-hybridized carbons (Fsp3) is 0.647. The van der Waals surface area contributed by atoms with Crippen LogP contribution < -0.4 is 0 Å². The Morgan fingerprint density at radius 1 is 1.27 bits per heavy atom. The summed E-state index contributed by atoms with van der Waals surface area (Å²) in [7, 11) is -3.56. The van der Waals surface area contributed by atoms with E-state index in [0.29, 0.717) is 11.4 Å². The predicted molar refractivity (Wildman–Crippen MR) is 88.6 cm³/mol. The molecule has 1 aromatic carbocycles. The second-order valence-electron chi connectivity index (χ2n) is 7.26. The molecule has 0 aromatic heterocycles. The molecular weight excluding hydrogens is 298 g/mol. The van der Waals surface area contributed by atoms with E-state index in [4.69, 9.17) is 0 Å². The summed E-state index contributed by atoms with van der Waals surface area (Å²) in [4.78, 5) is 0.387. The molecule has 4 nitrogen and oxygen atoms in total. The maximum atomic E-state index is 13.1. The summed E-state index contributed by atoms with van der Waals surface area (Å²) in [6.07, 6.45) is 1.54. The largest absolute Gasteiger partial charge is 0.395 e. The Morgan fingerprint density at radius 3 is 2.45 bits per heavy atom. The molecule has 1 fully saturated rings. The van der Waals surface area contributed by atoms with E-state index in [9.17, 15) is 13.5 Å². The Hall–Kier alpha value is -0.910. The van der Waals surface area contributed by atoms with Crippen LogP contribution in [0.15, 0.2) is 17.0 Å². The van der Waals surface area contributed by atoms with Crippen LogP contribution in [0.5, 0.6) is 0 Å². The third-order valence-electron chi connectivity index (χ3n) is 4.61. The summed E-state index contributed by atoms with van der Waals surface area (Å²) in [5.74, 6) is 0. The van der Waals surface area contributed by atoms with Gasteiger partial charge in [0, 0.05) is 12.6 Å². The summed E-state index contributed by atoms with van der Waals surface area (Å²) < 4.78 is 27.6. The SMILES string of the molecule is Cc1cc(C(C)(C)C)cc(S(=O)(=O)N2CCC[C@H]2CO)c1C. The van der Waals surface area contributed by atoms with Crippen LogP contribution in [0, 0.1) is 13.8 Å². The van der Waals surface area contributed by atoms with Gasteiger partial charge in [-0.05, 0) is 54.9 Å². The van der Waals surface area contributed by atoms with Crippen molar-refractivity contribution in [3.05, 3.63) is 28.8 Å². The first-order valence-electron chi connectivity index (χ1n) is 7.83. The lowest BCUT2D eigenvalue weighted by molar-refractivity contribution is 0.213. The molecule has 1 aromatic rings. The zero-order valence-electron chi connectivity index (χ0n) is 14.2. The smallest absolute Gasteiger partial charge is 0.243 e. The first kappa shape index (κ1) is 17.4. The molecule has 0 spiro atoms. The normalized spacial score (nSPS) is 20.5. The molecule has 1 aliphatic heterocycles. The Labute approximate surface area is 134 Å². The number of aliphatic hydroxyl groups is 1. The van der Waals surface area contributed by atoms with Gasteiger partial charge in [0.2, 0.25) is 10.0 Å². The van der Waals surface area contributed by atoms with E-state index in [1.165, 1.54) is 4.31 Å². The number of aliphatic hydroxyl groups excluding tert-OH is 1. The van der Waals surface area contributed by atoms with Crippen LogP contribution >= 0.6 is 0 Å². The summed E-state index contributed by atoms with van der Waals surface area (Å²) in [5, 5.41) is 9.45. The minimum Gasteiger partial charge on any atom is -0.395 e. The molecule has 1 heterocycles. The number of sulfonamides is 1. The molecule has 0 saturated carbocycles. The first-order valence-corrected chi connectivity index (χ1v) is 9.27. The average Bonchev–Trinajstić information content (AvgIpc) is 2.89. The molecule has 0 amide bonds. The van der Waals surface area contributed by atoms with Gasteiger partial charge in [-0.15, -0.1) is 0 Å². The van der Waals surface area contributed by atoms with Crippen molar-refractivity contribution in [3.8, 4) is 0 Å². The fourth-order valence-corrected chi connectivity index (χ4v) is 4.97. The monoisotopic (exact) mass is 325 g/mol. The third kappa shape index (κ3) is 3.07. The van der Waals surface area contributed by atoms with E-state index in [1.807, 2.05) is 19.9 Å². The standard InChI is InChI=1S/C17H27NO3S/c1-12-9-14(17(3,4)5)10-16(13(12)2)22(20,21)18-8-6-7-15(18)11-19/h9-10,15,19H,6-8,11H2,1-5H3/t15-/m0/s1. The van der Waals surface area contributed by atoms with E-state index in [2.05, 4.69) is 26.8 Å². The molecule has 0 radical (unpaired) electrons. The zero-order valence-corrected chi connectivity index (χ0v) is 15.0. The Kier molecular flexibility index (Phi) is 4.71. The highest BCUT2D eigenvalue weighted by Gasteiger charge is 2.36. The molecular formula is C17H27NO3S. The van der Waals surface area contributed by atoms with Gasteiger partial charge in [-0.1, -0.05) is 26.8 Å². The van der Waals surface area contributed by atoms with Crippen molar-refractivity contribution in [1.29, 1.82) is 0 Å². The third-order valence-corrected chi connectivity index (χ3v) is 6.68. The van der Waals surface area contributed by atoms with E-state index in [0.717, 1.165) is 29.5 Å². The fourth-order valence-electron chi connectivity index (χ4n) is 2.96. The second-order valence-corrected chi connectivity index (χ2v) is 9.12. The van der Waals surface area contributed by atoms with Crippen molar-refractivity contribution in [1.82, 2.24) is 4.31 Å². The van der Waals surface area contributed by atoms with E-state index < -0.39 is 10.0 Å². The number of benzene rings is 1. The summed E-state index contributed by atoms with van der Waals surface area (Å²) in [5.41, 5.74) is 2.71. The highest BCUT2D eigenvalue weighted by Crippen LogP contribution is 2.33. The molecule has 0 aliphatic carbocycles. The number of aryl methyl sites for hydroxylation is 1. The summed E-state index contributed by atoms with van der Waals surface area (Å²) in [6, 6.07) is 3.59. The molecule has 1 saturated heterocycles. The van der Waals surface area contributed by atoms with Gasteiger partial charge in [-0.2, -0.15) is 4.31 Å². The Bertz CT molecular complexity index is 659. The minimum absolute atomic E-state index is 0.107. The number of hydrogen-bond donors (Lipinski definition) is 1. The van der Waals surface area contributed by atoms with Gasteiger partial charge in [-0.3, -0.25) is 0 Å². The zero-order chi connectivity index (χ0) is 16.7. The van der Waals surface area contributed by atoms with Gasteiger partial charge in [0.05, 0.1) is 11.5 Å². The molecule has 2 rings (SSSR count). The minimum atomic E-state index is -3.56. The maximum absolute atomic E-state index is 13.1. The summed E-state index contributed by atoms with van der Waals surface area (Å²) >= 11 is 0. The van der Waals surface area contributed by atoms with Crippen LogP contribution in [-0.4, -0.2) is 37.0 Å². The molecule has 124 valence electrons. The van der Waals surface area contributed by atoms with Crippen LogP contribution in [0.25, 0.3) is 0 Å². The van der Waals surface area contributed by atoms with Crippen molar-refractivity contribution in [2.75, 3.05) is 13.2 Å². The van der Waals surface area contributed by atoms with Crippen LogP contribution in [0.1, 0.15) is 50.3 Å². The van der Waals surface area contributed by atoms with Gasteiger partial charge in [0.1, 0.15) is 0 Å². The molecule has 22 heavy (non-hydrogen) atoms. The van der Waals surface area contributed by atoms with Gasteiger partial charge in [0.25, 0.3) is 0 Å². The molecule has 0 unspecified atom stereocenters. The van der Waals surface area contributed by atoms with Crippen molar-refractivity contribution in [2.24, 2.45) is 0 Å². The number of nitrogens with zero attached hydrogens (tertiary/aromatic N) is 1. The molecule has 1 aliphatic rings. The van der Waals surface area contributed by atoms with Crippen LogP contribution in [0.4, 0.5) is 0 Å². The van der Waals surface area contributed by atoms with Crippen LogP contribution in [-0.2, 0) is 15.4 Å². The Balaban J connectivity index is 2.58. The summed E-state index contributed by atoms with van der Waals surface area (Å²) in [6.45, 7) is 10.4. The molecule has 1 atom stereocenters. The van der Waals surface area contributed by atoms with Crippen molar-refractivity contribution in [3.63, 3.8) is 0 Å². The first-order chi connectivity index (χ1) is 10.1. The molecule has 1 N–H and O–H groups in total. The van der Waals surface area contributed by atoms with Crippen LogP contribution in [0.2, 0.25) is 0 Å². The quantitative estimate of drug-likeness (QED) is 0.929. The van der Waals surface area contributed by atoms with Gasteiger partial charge in [-0.25, -0.2) is 8.42 Å². The Morgan fingerprint density at radius 2 is 1.91 bits per heavy atom. The number of rotatable bonds is 3. The molecule has 5 heteroatoms. The van der Waals surface area contributed by atoms with Gasteiger partial charge < -0.3 is 5.11 Å². The van der Waals surface area contributed by atoms with Gasteiger partial charge >= 0.3 is 0 Å². The lowest BCUT2D eigenvalue weighted by Crippen LogP contribution is -2.38. The topological polar surface area (TPSA) is 57.6 Å². The molecule has 0 bridgehead atoms. The van der Waals surface area contributed by atoms with E-state index in [1.54, 1.807) is 0 Å². The average molecular weight is 325 g/mol. The number of hydrogen-bond acceptors (Lipinski definition) is 3. The predicted octanol–water partition coefficient (Wildman–Crippen LogP) is 2.75. The van der Waals surface area contributed by atoms with Crippen molar-refractivity contribution >= 4 is 10.0 Å². The van der Waals surface area contributed by atoms with Crippen molar-refractivity contribution in [2.45, 2.75) is 63.8 Å².